The van der Waals surface area contributed by atoms with E-state index in [0.29, 0.717) is 24.3 Å². The highest BCUT2D eigenvalue weighted by atomic mass is 16.5. The highest BCUT2D eigenvalue weighted by Gasteiger charge is 2.29. The molecule has 2 N–H and O–H groups in total. The Labute approximate surface area is 192 Å². The van der Waals surface area contributed by atoms with Crippen molar-refractivity contribution in [1.29, 1.82) is 0 Å². The molecule has 32 heavy (non-hydrogen) atoms. The molecule has 1 saturated heterocycles. The molecule has 2 fully saturated rings. The second-order valence-electron chi connectivity index (χ2n) is 10.8. The van der Waals surface area contributed by atoms with E-state index in [1.165, 1.54) is 24.8 Å². The maximum Gasteiger partial charge on any atom is 0.220 e. The summed E-state index contributed by atoms with van der Waals surface area (Å²) in [5.41, 5.74) is 3.48. The second-order valence-corrected chi connectivity index (χ2v) is 10.8. The zero-order valence-corrected chi connectivity index (χ0v) is 20.0. The summed E-state index contributed by atoms with van der Waals surface area (Å²) in [6.45, 7) is 8.59. The van der Waals surface area contributed by atoms with Gasteiger partial charge in [0.05, 0.1) is 5.69 Å². The molecule has 1 amide bonds. The highest BCUT2D eigenvalue weighted by molar-refractivity contribution is 5.76. The molecule has 0 spiro atoms. The van der Waals surface area contributed by atoms with Crippen LogP contribution in [0, 0.1) is 11.8 Å². The summed E-state index contributed by atoms with van der Waals surface area (Å²) in [6, 6.07) is 11.0. The Bertz CT molecular complexity index is 875. The van der Waals surface area contributed by atoms with Crippen LogP contribution in [-0.4, -0.2) is 30.2 Å². The number of nitrogens with one attached hydrogen (secondary N) is 2. The van der Waals surface area contributed by atoms with E-state index in [2.05, 4.69) is 66.9 Å². The molecule has 1 aliphatic carbocycles. The Balaban J connectivity index is 1.36. The van der Waals surface area contributed by atoms with Gasteiger partial charge in [0, 0.05) is 24.1 Å². The number of hydrogen-bond donors (Lipinski definition) is 2. The van der Waals surface area contributed by atoms with E-state index in [9.17, 15) is 4.79 Å². The first kappa shape index (κ1) is 23.0. The Morgan fingerprint density at radius 3 is 2.56 bits per heavy atom. The Kier molecular flexibility index (Phi) is 7.34. The summed E-state index contributed by atoms with van der Waals surface area (Å²) >= 11 is 0. The van der Waals surface area contributed by atoms with Gasteiger partial charge in [-0.3, -0.25) is 4.79 Å². The van der Waals surface area contributed by atoms with Gasteiger partial charge in [0.1, 0.15) is 0 Å². The van der Waals surface area contributed by atoms with Crippen molar-refractivity contribution in [3.8, 4) is 11.3 Å². The molecule has 2 aliphatic rings. The summed E-state index contributed by atoms with van der Waals surface area (Å²) in [5, 5.41) is 11.2. The molecule has 1 aromatic heterocycles. The van der Waals surface area contributed by atoms with Crippen LogP contribution < -0.4 is 10.6 Å². The maximum atomic E-state index is 12.7. The lowest BCUT2D eigenvalue weighted by molar-refractivity contribution is -0.123. The summed E-state index contributed by atoms with van der Waals surface area (Å²) in [6.07, 6.45) is 8.59. The molecule has 1 aromatic carbocycles. The Morgan fingerprint density at radius 2 is 1.84 bits per heavy atom. The summed E-state index contributed by atoms with van der Waals surface area (Å²) in [5.74, 6) is 1.84. The molecular formula is C27H39N3O2. The minimum Gasteiger partial charge on any atom is -0.356 e. The van der Waals surface area contributed by atoms with Crippen LogP contribution in [0.5, 0.6) is 0 Å². The average Bonchev–Trinajstić information content (AvgIpc) is 3.24. The molecule has 2 aromatic rings. The first-order chi connectivity index (χ1) is 15.4. The fourth-order valence-electron chi connectivity index (χ4n) is 5.20. The van der Waals surface area contributed by atoms with E-state index in [0.717, 1.165) is 55.8 Å². The minimum atomic E-state index is 0.136. The third kappa shape index (κ3) is 6.00. The number of piperidine rings is 1. The summed E-state index contributed by atoms with van der Waals surface area (Å²) in [4.78, 5) is 12.7. The fourth-order valence-corrected chi connectivity index (χ4v) is 5.20. The van der Waals surface area contributed by atoms with E-state index in [1.54, 1.807) is 0 Å². The van der Waals surface area contributed by atoms with Gasteiger partial charge in [-0.2, -0.15) is 0 Å². The zero-order chi connectivity index (χ0) is 22.6. The predicted molar refractivity (Wildman–Crippen MR) is 128 cm³/mol. The standard InChI is InChI=1S/C27H39N3O2/c1-27(2,3)22-11-9-19(10-12-22)25-17-24(30-32-25)15-21-18-28-14-13-20(21)16-26(31)29-23-7-5-4-6-8-23/h9-12,17,20-21,23,28H,4-8,13-16,18H2,1-3H3,(H,29,31)/t20-,21-/m0/s1. The number of aromatic nitrogens is 1. The van der Waals surface area contributed by atoms with E-state index in [1.807, 2.05) is 0 Å². The van der Waals surface area contributed by atoms with Gasteiger partial charge in [0.15, 0.2) is 5.76 Å². The van der Waals surface area contributed by atoms with Crippen molar-refractivity contribution in [3.63, 3.8) is 0 Å². The van der Waals surface area contributed by atoms with Crippen molar-refractivity contribution < 1.29 is 9.32 Å². The van der Waals surface area contributed by atoms with Gasteiger partial charge in [-0.1, -0.05) is 69.5 Å². The lowest BCUT2D eigenvalue weighted by Crippen LogP contribution is -2.42. The van der Waals surface area contributed by atoms with Crippen molar-refractivity contribution in [2.45, 2.75) is 83.6 Å². The number of hydrogen-bond acceptors (Lipinski definition) is 4. The quantitative estimate of drug-likeness (QED) is 0.648. The molecule has 5 nitrogen and oxygen atoms in total. The summed E-state index contributed by atoms with van der Waals surface area (Å²) in [7, 11) is 0. The maximum absolute atomic E-state index is 12.7. The van der Waals surface area contributed by atoms with Crippen LogP contribution in [0.3, 0.4) is 0 Å². The molecule has 0 unspecified atom stereocenters. The molecular weight excluding hydrogens is 398 g/mol. The number of rotatable bonds is 6. The molecule has 4 rings (SSSR count). The highest BCUT2D eigenvalue weighted by Crippen LogP contribution is 2.30. The number of nitrogens with zero attached hydrogens (tertiary/aromatic N) is 1. The van der Waals surface area contributed by atoms with Crippen molar-refractivity contribution in [3.05, 3.63) is 41.6 Å². The van der Waals surface area contributed by atoms with Crippen LogP contribution in [0.1, 0.15) is 77.0 Å². The molecule has 174 valence electrons. The van der Waals surface area contributed by atoms with Crippen LogP contribution in [0.2, 0.25) is 0 Å². The molecule has 5 heteroatoms. The van der Waals surface area contributed by atoms with Crippen LogP contribution in [-0.2, 0) is 16.6 Å². The van der Waals surface area contributed by atoms with Crippen molar-refractivity contribution in [2.24, 2.45) is 11.8 Å². The van der Waals surface area contributed by atoms with Crippen molar-refractivity contribution >= 4 is 5.91 Å². The molecule has 2 atom stereocenters. The van der Waals surface area contributed by atoms with E-state index in [4.69, 9.17) is 4.52 Å². The normalized spacial score (nSPS) is 22.6. The number of carbonyl (C=O) groups is 1. The number of carbonyl (C=O) groups excluding carboxylic acids is 1. The molecule has 1 saturated carbocycles. The first-order valence-corrected chi connectivity index (χ1v) is 12.4. The molecule has 2 heterocycles. The topological polar surface area (TPSA) is 67.2 Å². The lowest BCUT2D eigenvalue weighted by atomic mass is 9.81. The van der Waals surface area contributed by atoms with Crippen LogP contribution in [0.4, 0.5) is 0 Å². The first-order valence-electron chi connectivity index (χ1n) is 12.4. The van der Waals surface area contributed by atoms with Crippen LogP contribution in [0.25, 0.3) is 11.3 Å². The van der Waals surface area contributed by atoms with Gasteiger partial charge in [0.2, 0.25) is 5.91 Å². The number of amides is 1. The molecule has 1 aliphatic heterocycles. The van der Waals surface area contributed by atoms with Gasteiger partial charge in [-0.05, 0) is 61.6 Å². The monoisotopic (exact) mass is 437 g/mol. The molecule has 0 bridgehead atoms. The van der Waals surface area contributed by atoms with E-state index in [-0.39, 0.29) is 11.3 Å². The van der Waals surface area contributed by atoms with E-state index < -0.39 is 0 Å². The minimum absolute atomic E-state index is 0.136. The fraction of sp³-hybridized carbons (Fsp3) is 0.630. The Morgan fingerprint density at radius 1 is 1.09 bits per heavy atom. The average molecular weight is 438 g/mol. The number of benzene rings is 1. The SMILES string of the molecule is CC(C)(C)c1ccc(-c2cc(C[C@H]3CNCC[C@H]3CC(=O)NC3CCCCC3)no2)cc1. The van der Waals surface area contributed by atoms with Gasteiger partial charge < -0.3 is 15.2 Å². The third-order valence-corrected chi connectivity index (χ3v) is 7.25. The van der Waals surface area contributed by atoms with Gasteiger partial charge in [-0.25, -0.2) is 0 Å². The van der Waals surface area contributed by atoms with Crippen LogP contribution in [0.15, 0.2) is 34.9 Å². The third-order valence-electron chi connectivity index (χ3n) is 7.25. The second kappa shape index (κ2) is 10.2. The van der Waals surface area contributed by atoms with E-state index >= 15 is 0 Å². The zero-order valence-electron chi connectivity index (χ0n) is 20.0. The molecule has 0 radical (unpaired) electrons. The largest absolute Gasteiger partial charge is 0.356 e. The van der Waals surface area contributed by atoms with Gasteiger partial charge >= 0.3 is 0 Å². The Hall–Kier alpha value is -2.14. The predicted octanol–water partition coefficient (Wildman–Crippen LogP) is 5.25. The van der Waals surface area contributed by atoms with Crippen molar-refractivity contribution in [1.82, 2.24) is 15.8 Å². The lowest BCUT2D eigenvalue weighted by Gasteiger charge is -2.32. The van der Waals surface area contributed by atoms with Gasteiger partial charge in [0.25, 0.3) is 0 Å². The van der Waals surface area contributed by atoms with Crippen molar-refractivity contribution in [2.75, 3.05) is 13.1 Å². The van der Waals surface area contributed by atoms with Gasteiger partial charge in [-0.15, -0.1) is 0 Å². The summed E-state index contributed by atoms with van der Waals surface area (Å²) < 4.78 is 5.68. The van der Waals surface area contributed by atoms with Crippen LogP contribution >= 0.6 is 0 Å². The smallest absolute Gasteiger partial charge is 0.220 e.